The van der Waals surface area contributed by atoms with E-state index >= 15 is 0 Å². The molecule has 7 heteroatoms. The standard InChI is InChI=1S/C8H10BF3NO.K/c1-14-8-3-5-13-7(6-8)2-4-9(10,11)12;/h3,5-6H,2,4H2,1H3;/q-1;+1. The number of ether oxygens (including phenoxy) is 1. The molecule has 0 spiro atoms. The summed E-state index contributed by atoms with van der Waals surface area (Å²) >= 11 is 0. The van der Waals surface area contributed by atoms with Crippen molar-refractivity contribution in [3.8, 4) is 5.75 Å². The van der Waals surface area contributed by atoms with Crippen LogP contribution in [0.4, 0.5) is 12.9 Å². The van der Waals surface area contributed by atoms with Crippen LogP contribution in [0.1, 0.15) is 5.69 Å². The topological polar surface area (TPSA) is 22.1 Å². The molecule has 1 rings (SSSR count). The zero-order chi connectivity index (χ0) is 10.6. The minimum atomic E-state index is -4.73. The van der Waals surface area contributed by atoms with Crippen molar-refractivity contribution in [3.05, 3.63) is 24.0 Å². The summed E-state index contributed by atoms with van der Waals surface area (Å²) in [6.07, 6.45) is 0.568. The van der Waals surface area contributed by atoms with Crippen molar-refractivity contribution in [2.45, 2.75) is 12.7 Å². The Labute approximate surface area is 129 Å². The second-order valence-electron chi connectivity index (χ2n) is 2.94. The fraction of sp³-hybridized carbons (Fsp3) is 0.375. The molecule has 1 aromatic heterocycles. The minimum Gasteiger partial charge on any atom is -0.497 e. The molecule has 0 saturated carbocycles. The van der Waals surface area contributed by atoms with Crippen LogP contribution >= 0.6 is 0 Å². The minimum absolute atomic E-state index is 0. The van der Waals surface area contributed by atoms with Gasteiger partial charge in [-0.1, -0.05) is 6.32 Å². The zero-order valence-electron chi connectivity index (χ0n) is 8.71. The number of rotatable bonds is 4. The maximum Gasteiger partial charge on any atom is 1.00 e. The molecule has 0 aliphatic carbocycles. The first-order valence-electron chi connectivity index (χ1n) is 4.21. The van der Waals surface area contributed by atoms with Gasteiger partial charge >= 0.3 is 58.4 Å². The first-order chi connectivity index (χ1) is 6.51. The normalized spacial score (nSPS) is 10.7. The molecule has 15 heavy (non-hydrogen) atoms. The van der Waals surface area contributed by atoms with E-state index < -0.39 is 13.3 Å². The van der Waals surface area contributed by atoms with E-state index in [2.05, 4.69) is 4.98 Å². The van der Waals surface area contributed by atoms with Crippen molar-refractivity contribution in [1.82, 2.24) is 4.98 Å². The third-order valence-electron chi connectivity index (χ3n) is 1.75. The number of hydrogen-bond acceptors (Lipinski definition) is 2. The number of pyridine rings is 1. The molecule has 0 saturated heterocycles. The molecular formula is C8H10BF3KNO. The Morgan fingerprint density at radius 2 is 2.07 bits per heavy atom. The van der Waals surface area contributed by atoms with E-state index in [1.165, 1.54) is 19.4 Å². The van der Waals surface area contributed by atoms with Gasteiger partial charge in [-0.3, -0.25) is 4.98 Å². The predicted octanol–water partition coefficient (Wildman–Crippen LogP) is -0.516. The largest absolute Gasteiger partial charge is 1.00 e. The van der Waals surface area contributed by atoms with Gasteiger partial charge in [-0.2, -0.15) is 0 Å². The monoisotopic (exact) mass is 243 g/mol. The molecule has 0 amide bonds. The van der Waals surface area contributed by atoms with Gasteiger partial charge in [-0.15, -0.1) is 0 Å². The third kappa shape index (κ3) is 6.57. The maximum absolute atomic E-state index is 11.9. The number of hydrogen-bond donors (Lipinski definition) is 0. The molecule has 0 N–H and O–H groups in total. The summed E-state index contributed by atoms with van der Waals surface area (Å²) in [5.41, 5.74) is 0.406. The molecule has 1 heterocycles. The molecule has 0 bridgehead atoms. The van der Waals surface area contributed by atoms with Crippen LogP contribution in [0.3, 0.4) is 0 Å². The van der Waals surface area contributed by atoms with Crippen LogP contribution in [0.5, 0.6) is 5.75 Å². The van der Waals surface area contributed by atoms with E-state index in [-0.39, 0.29) is 57.8 Å². The van der Waals surface area contributed by atoms with Gasteiger partial charge in [0.1, 0.15) is 5.75 Å². The van der Waals surface area contributed by atoms with Crippen LogP contribution in [0.15, 0.2) is 18.3 Å². The van der Waals surface area contributed by atoms with Crippen LogP contribution in [0.2, 0.25) is 6.32 Å². The molecule has 0 fully saturated rings. The second-order valence-corrected chi connectivity index (χ2v) is 2.94. The van der Waals surface area contributed by atoms with E-state index in [4.69, 9.17) is 4.74 Å². The van der Waals surface area contributed by atoms with Gasteiger partial charge in [-0.05, 0) is 12.5 Å². The Morgan fingerprint density at radius 3 is 2.60 bits per heavy atom. The van der Waals surface area contributed by atoms with Gasteiger partial charge in [-0.25, -0.2) is 0 Å². The van der Waals surface area contributed by atoms with Gasteiger partial charge in [0.25, 0.3) is 0 Å². The van der Waals surface area contributed by atoms with Gasteiger partial charge in [0.2, 0.25) is 0 Å². The number of methoxy groups -OCH3 is 1. The molecule has 0 aliphatic heterocycles. The maximum atomic E-state index is 11.9. The van der Waals surface area contributed by atoms with Gasteiger partial charge in [0.15, 0.2) is 0 Å². The van der Waals surface area contributed by atoms with E-state index in [9.17, 15) is 12.9 Å². The van der Waals surface area contributed by atoms with Crippen molar-refractivity contribution in [3.63, 3.8) is 0 Å². The molecule has 78 valence electrons. The molecule has 0 aliphatic rings. The average Bonchev–Trinajstić information content (AvgIpc) is 2.14. The Kier molecular flexibility index (Phi) is 7.11. The van der Waals surface area contributed by atoms with Gasteiger partial charge in [0.05, 0.1) is 7.11 Å². The summed E-state index contributed by atoms with van der Waals surface area (Å²) in [5, 5.41) is 0. The van der Waals surface area contributed by atoms with Crippen LogP contribution in [0.25, 0.3) is 0 Å². The van der Waals surface area contributed by atoms with Crippen LogP contribution in [-0.4, -0.2) is 19.1 Å². The number of aromatic nitrogens is 1. The summed E-state index contributed by atoms with van der Waals surface area (Å²) in [5.74, 6) is 0.532. The van der Waals surface area contributed by atoms with E-state index in [1.54, 1.807) is 6.07 Å². The van der Waals surface area contributed by atoms with E-state index in [0.29, 0.717) is 11.4 Å². The average molecular weight is 243 g/mol. The Bertz CT molecular complexity index is 308. The fourth-order valence-electron chi connectivity index (χ4n) is 1.03. The summed E-state index contributed by atoms with van der Waals surface area (Å²) in [7, 11) is 1.47. The molecule has 2 nitrogen and oxygen atoms in total. The Hall–Kier alpha value is 0.441. The smallest absolute Gasteiger partial charge is 0.497 e. The molecule has 0 atom stereocenters. The van der Waals surface area contributed by atoms with Crippen molar-refractivity contribution in [2.24, 2.45) is 0 Å². The van der Waals surface area contributed by atoms with Gasteiger partial charge < -0.3 is 17.7 Å². The Balaban J connectivity index is 0.00000196. The van der Waals surface area contributed by atoms with Crippen molar-refractivity contribution >= 4 is 6.98 Å². The third-order valence-corrected chi connectivity index (χ3v) is 1.75. The molecule has 0 unspecified atom stereocenters. The number of nitrogens with zero attached hydrogens (tertiary/aromatic N) is 1. The summed E-state index contributed by atoms with van der Waals surface area (Å²) in [6.45, 7) is -4.73. The number of halogens is 3. The fourth-order valence-corrected chi connectivity index (χ4v) is 1.03. The SMILES string of the molecule is COc1ccnc(CC[B-](F)(F)F)c1.[K+]. The summed E-state index contributed by atoms with van der Waals surface area (Å²) in [6, 6.07) is 3.12. The van der Waals surface area contributed by atoms with E-state index in [0.717, 1.165) is 0 Å². The van der Waals surface area contributed by atoms with Crippen molar-refractivity contribution in [2.75, 3.05) is 7.11 Å². The van der Waals surface area contributed by atoms with E-state index in [1.807, 2.05) is 0 Å². The summed E-state index contributed by atoms with van der Waals surface area (Å²) in [4.78, 5) is 3.82. The summed E-state index contributed by atoms with van der Waals surface area (Å²) < 4.78 is 40.7. The first-order valence-corrected chi connectivity index (χ1v) is 4.21. The molecule has 0 radical (unpaired) electrons. The van der Waals surface area contributed by atoms with Crippen LogP contribution < -0.4 is 56.1 Å². The predicted molar refractivity (Wildman–Crippen MR) is 48.4 cm³/mol. The quantitative estimate of drug-likeness (QED) is 0.664. The Morgan fingerprint density at radius 1 is 1.40 bits per heavy atom. The zero-order valence-corrected chi connectivity index (χ0v) is 11.8. The van der Waals surface area contributed by atoms with Crippen LogP contribution in [-0.2, 0) is 6.42 Å². The molecular weight excluding hydrogens is 233 g/mol. The molecule has 1 aromatic rings. The van der Waals surface area contributed by atoms with Crippen LogP contribution in [0, 0.1) is 0 Å². The second kappa shape index (κ2) is 6.90. The van der Waals surface area contributed by atoms with Crippen molar-refractivity contribution in [1.29, 1.82) is 0 Å². The van der Waals surface area contributed by atoms with Gasteiger partial charge in [0, 0.05) is 18.0 Å². The molecule has 0 aromatic carbocycles. The number of aryl methyl sites for hydroxylation is 1. The first kappa shape index (κ1) is 15.4. The van der Waals surface area contributed by atoms with Crippen molar-refractivity contribution < 1.29 is 69.1 Å².